The third kappa shape index (κ3) is 3.07. The number of hydrogen-bond acceptors (Lipinski definition) is 4. The topological polar surface area (TPSA) is 37.4 Å². The molecule has 2 aromatic rings. The Labute approximate surface area is 144 Å². The molecule has 4 nitrogen and oxygen atoms in total. The largest absolute Gasteiger partial charge is 0.381 e. The molecule has 1 aromatic carbocycles. The molecule has 0 radical (unpaired) electrons. The van der Waals surface area contributed by atoms with E-state index in [4.69, 9.17) is 9.72 Å². The first-order valence-corrected chi connectivity index (χ1v) is 9.05. The Balaban J connectivity index is 1.83. The molecule has 1 aromatic heterocycles. The van der Waals surface area contributed by atoms with Crippen molar-refractivity contribution in [1.29, 1.82) is 0 Å². The number of nitrogens with zero attached hydrogens (tertiary/aromatic N) is 2. The van der Waals surface area contributed by atoms with Crippen LogP contribution >= 0.6 is 0 Å². The quantitative estimate of drug-likeness (QED) is 0.927. The summed E-state index contributed by atoms with van der Waals surface area (Å²) in [6.45, 7) is 10.2. The number of rotatable bonds is 3. The molecule has 1 saturated heterocycles. The summed E-state index contributed by atoms with van der Waals surface area (Å²) in [7, 11) is 0. The van der Waals surface area contributed by atoms with E-state index in [-0.39, 0.29) is 5.41 Å². The molecule has 0 unspecified atom stereocenters. The predicted octanol–water partition coefficient (Wildman–Crippen LogP) is 3.94. The second-order valence-corrected chi connectivity index (χ2v) is 8.02. The van der Waals surface area contributed by atoms with Gasteiger partial charge in [-0.05, 0) is 29.9 Å². The van der Waals surface area contributed by atoms with Crippen molar-refractivity contribution in [2.75, 3.05) is 36.5 Å². The molecule has 4 rings (SSSR count). The van der Waals surface area contributed by atoms with E-state index >= 15 is 0 Å². The van der Waals surface area contributed by atoms with Crippen molar-refractivity contribution in [1.82, 2.24) is 4.98 Å². The standard InChI is InChI=1S/C20H27N3O/c1-20(2,3)14-4-7-16-17(12-14)19(23-8-10-24-11-9-23)21-13-18(16)22-15-5-6-15/h4,7,12-13,15,22H,5-6,8-11H2,1-3H3. The van der Waals surface area contributed by atoms with Crippen molar-refractivity contribution in [2.45, 2.75) is 45.1 Å². The molecule has 0 bridgehead atoms. The second kappa shape index (κ2) is 5.92. The van der Waals surface area contributed by atoms with Crippen LogP contribution in [-0.2, 0) is 10.2 Å². The summed E-state index contributed by atoms with van der Waals surface area (Å²) in [5.74, 6) is 1.10. The van der Waals surface area contributed by atoms with Crippen molar-refractivity contribution in [3.63, 3.8) is 0 Å². The maximum absolute atomic E-state index is 5.51. The van der Waals surface area contributed by atoms with E-state index < -0.39 is 0 Å². The SMILES string of the molecule is CC(C)(C)c1ccc2c(NC3CC3)cnc(N3CCOCC3)c2c1. The first-order valence-electron chi connectivity index (χ1n) is 9.05. The molecule has 2 heterocycles. The normalized spacial score (nSPS) is 18.9. The molecule has 0 spiro atoms. The molecule has 1 saturated carbocycles. The van der Waals surface area contributed by atoms with Crippen molar-refractivity contribution < 1.29 is 4.74 Å². The van der Waals surface area contributed by atoms with E-state index in [1.54, 1.807) is 0 Å². The number of benzene rings is 1. The number of fused-ring (bicyclic) bond motifs is 1. The minimum atomic E-state index is 0.135. The van der Waals surface area contributed by atoms with Gasteiger partial charge in [-0.15, -0.1) is 0 Å². The van der Waals surface area contributed by atoms with Crippen molar-refractivity contribution in [2.24, 2.45) is 0 Å². The van der Waals surface area contributed by atoms with Crippen LogP contribution in [0, 0.1) is 0 Å². The molecule has 4 heteroatoms. The maximum atomic E-state index is 5.51. The summed E-state index contributed by atoms with van der Waals surface area (Å²) in [6.07, 6.45) is 4.56. The lowest BCUT2D eigenvalue weighted by Crippen LogP contribution is -2.36. The van der Waals surface area contributed by atoms with Gasteiger partial charge in [-0.25, -0.2) is 4.98 Å². The van der Waals surface area contributed by atoms with Crippen LogP contribution in [0.4, 0.5) is 11.5 Å². The Morgan fingerprint density at radius 2 is 1.88 bits per heavy atom. The van der Waals surface area contributed by atoms with E-state index in [1.807, 2.05) is 6.20 Å². The van der Waals surface area contributed by atoms with Crippen molar-refractivity contribution in [3.8, 4) is 0 Å². The summed E-state index contributed by atoms with van der Waals surface area (Å²) >= 11 is 0. The molecule has 2 fully saturated rings. The number of ether oxygens (including phenoxy) is 1. The summed E-state index contributed by atoms with van der Waals surface area (Å²) in [5, 5.41) is 6.18. The number of nitrogens with one attached hydrogen (secondary N) is 1. The Bertz CT molecular complexity index is 740. The summed E-state index contributed by atoms with van der Waals surface area (Å²) < 4.78 is 5.51. The first-order chi connectivity index (χ1) is 11.5. The number of pyridine rings is 1. The summed E-state index contributed by atoms with van der Waals surface area (Å²) in [4.78, 5) is 7.20. The molecule has 128 valence electrons. The second-order valence-electron chi connectivity index (χ2n) is 8.02. The van der Waals surface area contributed by atoms with Gasteiger partial charge in [-0.1, -0.05) is 32.9 Å². The fourth-order valence-electron chi connectivity index (χ4n) is 3.29. The third-order valence-corrected chi connectivity index (χ3v) is 4.98. The number of hydrogen-bond donors (Lipinski definition) is 1. The molecular formula is C20H27N3O. The van der Waals surface area contributed by atoms with Crippen LogP contribution in [-0.4, -0.2) is 37.3 Å². The zero-order chi connectivity index (χ0) is 16.7. The van der Waals surface area contributed by atoms with E-state index in [0.29, 0.717) is 6.04 Å². The minimum Gasteiger partial charge on any atom is -0.381 e. The van der Waals surface area contributed by atoms with E-state index in [2.05, 4.69) is 49.2 Å². The van der Waals surface area contributed by atoms with Gasteiger partial charge in [0.05, 0.1) is 25.1 Å². The molecule has 1 aliphatic heterocycles. The van der Waals surface area contributed by atoms with Crippen LogP contribution in [0.25, 0.3) is 10.8 Å². The Morgan fingerprint density at radius 3 is 2.54 bits per heavy atom. The molecule has 0 atom stereocenters. The lowest BCUT2D eigenvalue weighted by atomic mass is 9.86. The van der Waals surface area contributed by atoms with E-state index in [1.165, 1.54) is 34.9 Å². The molecule has 1 N–H and O–H groups in total. The van der Waals surface area contributed by atoms with Gasteiger partial charge in [0, 0.05) is 29.9 Å². The molecule has 2 aliphatic rings. The van der Waals surface area contributed by atoms with Gasteiger partial charge >= 0.3 is 0 Å². The highest BCUT2D eigenvalue weighted by molar-refractivity contribution is 6.00. The van der Waals surface area contributed by atoms with Crippen LogP contribution in [0.2, 0.25) is 0 Å². The van der Waals surface area contributed by atoms with E-state index in [9.17, 15) is 0 Å². The Hall–Kier alpha value is -1.81. The Morgan fingerprint density at radius 1 is 1.12 bits per heavy atom. The van der Waals surface area contributed by atoms with Crippen LogP contribution in [0.3, 0.4) is 0 Å². The average Bonchev–Trinajstić information content (AvgIpc) is 3.39. The van der Waals surface area contributed by atoms with Gasteiger partial charge in [-0.2, -0.15) is 0 Å². The van der Waals surface area contributed by atoms with Crippen LogP contribution in [0.15, 0.2) is 24.4 Å². The van der Waals surface area contributed by atoms with Gasteiger partial charge in [0.15, 0.2) is 0 Å². The smallest absolute Gasteiger partial charge is 0.136 e. The average molecular weight is 325 g/mol. The summed E-state index contributed by atoms with van der Waals surface area (Å²) in [6, 6.07) is 7.51. The lowest BCUT2D eigenvalue weighted by Gasteiger charge is -2.30. The molecule has 1 aliphatic carbocycles. The monoisotopic (exact) mass is 325 g/mol. The Kier molecular flexibility index (Phi) is 3.87. The number of anilines is 2. The highest BCUT2D eigenvalue weighted by Crippen LogP contribution is 2.36. The minimum absolute atomic E-state index is 0.135. The van der Waals surface area contributed by atoms with Gasteiger partial charge in [0.1, 0.15) is 5.82 Å². The highest BCUT2D eigenvalue weighted by atomic mass is 16.5. The zero-order valence-corrected chi connectivity index (χ0v) is 14.9. The van der Waals surface area contributed by atoms with Gasteiger partial charge in [0.2, 0.25) is 0 Å². The number of aromatic nitrogens is 1. The molecule has 24 heavy (non-hydrogen) atoms. The fraction of sp³-hybridized carbons (Fsp3) is 0.550. The molecule has 0 amide bonds. The first kappa shape index (κ1) is 15.7. The molecular weight excluding hydrogens is 298 g/mol. The van der Waals surface area contributed by atoms with Crippen molar-refractivity contribution >= 4 is 22.3 Å². The van der Waals surface area contributed by atoms with Crippen LogP contribution in [0.1, 0.15) is 39.2 Å². The lowest BCUT2D eigenvalue weighted by molar-refractivity contribution is 0.122. The van der Waals surface area contributed by atoms with E-state index in [0.717, 1.165) is 32.1 Å². The van der Waals surface area contributed by atoms with Gasteiger partial charge in [-0.3, -0.25) is 0 Å². The van der Waals surface area contributed by atoms with Gasteiger partial charge < -0.3 is 15.0 Å². The van der Waals surface area contributed by atoms with Crippen molar-refractivity contribution in [3.05, 3.63) is 30.0 Å². The van der Waals surface area contributed by atoms with Crippen LogP contribution in [0.5, 0.6) is 0 Å². The highest BCUT2D eigenvalue weighted by Gasteiger charge is 2.24. The fourth-order valence-corrected chi connectivity index (χ4v) is 3.29. The van der Waals surface area contributed by atoms with Crippen LogP contribution < -0.4 is 10.2 Å². The van der Waals surface area contributed by atoms with Gasteiger partial charge in [0.25, 0.3) is 0 Å². The predicted molar refractivity (Wildman–Crippen MR) is 100 cm³/mol. The maximum Gasteiger partial charge on any atom is 0.136 e. The third-order valence-electron chi connectivity index (χ3n) is 4.98. The number of morpholine rings is 1. The summed E-state index contributed by atoms with van der Waals surface area (Å²) in [5.41, 5.74) is 2.66. The zero-order valence-electron chi connectivity index (χ0n) is 14.9.